The van der Waals surface area contributed by atoms with Gasteiger partial charge in [0.1, 0.15) is 5.82 Å². The molecule has 1 fully saturated rings. The van der Waals surface area contributed by atoms with Crippen molar-refractivity contribution >= 4 is 11.8 Å². The molecular formula is C26H23F3N6. The van der Waals surface area contributed by atoms with Crippen molar-refractivity contribution in [2.75, 3.05) is 36.0 Å². The van der Waals surface area contributed by atoms with Crippen LogP contribution in [0.5, 0.6) is 0 Å². The van der Waals surface area contributed by atoms with Crippen molar-refractivity contribution in [2.24, 2.45) is 0 Å². The number of hydrogen-bond acceptors (Lipinski definition) is 6. The molecule has 0 saturated carbocycles. The molecule has 4 aromatic rings. The van der Waals surface area contributed by atoms with Gasteiger partial charge in [0.05, 0.1) is 11.3 Å². The minimum atomic E-state index is -4.68. The van der Waals surface area contributed by atoms with Gasteiger partial charge in [-0.05, 0) is 18.6 Å². The average molecular weight is 477 g/mol. The first-order chi connectivity index (χ1) is 16.9. The number of anilines is 2. The van der Waals surface area contributed by atoms with Crippen LogP contribution in [0.4, 0.5) is 24.9 Å². The Balaban J connectivity index is 1.63. The van der Waals surface area contributed by atoms with Crippen molar-refractivity contribution in [3.8, 4) is 22.4 Å². The first-order valence-electron chi connectivity index (χ1n) is 11.3. The first-order valence-corrected chi connectivity index (χ1v) is 11.3. The number of rotatable bonds is 4. The zero-order valence-electron chi connectivity index (χ0n) is 19.1. The summed E-state index contributed by atoms with van der Waals surface area (Å²) in [5.41, 5.74) is 3.24. The number of benzene rings is 2. The Morgan fingerprint density at radius 2 is 1.34 bits per heavy atom. The maximum Gasteiger partial charge on any atom is 0.451 e. The molecule has 1 aliphatic rings. The molecule has 6 nitrogen and oxygen atoms in total. The highest BCUT2D eigenvalue weighted by Gasteiger charge is 2.38. The van der Waals surface area contributed by atoms with E-state index >= 15 is 0 Å². The standard InChI is InChI=1S/C26H23F3N6/c1-18-8-10-20(11-9-18)22-21(19-6-3-2-4-7-19)23(33-24(32-22)26(27,28)29)34-14-16-35(17-15-34)25-30-12-5-13-31-25/h2-13H,14-17H2,1H3. The molecule has 0 aliphatic carbocycles. The summed E-state index contributed by atoms with van der Waals surface area (Å²) >= 11 is 0. The Kier molecular flexibility index (Phi) is 6.07. The van der Waals surface area contributed by atoms with Crippen molar-refractivity contribution in [2.45, 2.75) is 13.1 Å². The first kappa shape index (κ1) is 22.8. The highest BCUT2D eigenvalue weighted by atomic mass is 19.4. The molecular weight excluding hydrogens is 453 g/mol. The predicted molar refractivity (Wildman–Crippen MR) is 129 cm³/mol. The second-order valence-electron chi connectivity index (χ2n) is 8.35. The van der Waals surface area contributed by atoms with Gasteiger partial charge in [0.15, 0.2) is 0 Å². The number of hydrogen-bond donors (Lipinski definition) is 0. The van der Waals surface area contributed by atoms with Gasteiger partial charge >= 0.3 is 6.18 Å². The largest absolute Gasteiger partial charge is 0.451 e. The summed E-state index contributed by atoms with van der Waals surface area (Å²) in [4.78, 5) is 20.6. The molecule has 1 aliphatic heterocycles. The topological polar surface area (TPSA) is 58.0 Å². The molecule has 178 valence electrons. The van der Waals surface area contributed by atoms with E-state index in [1.165, 1.54) is 0 Å². The summed E-state index contributed by atoms with van der Waals surface area (Å²) in [7, 11) is 0. The van der Waals surface area contributed by atoms with E-state index in [9.17, 15) is 13.2 Å². The maximum absolute atomic E-state index is 13.9. The fraction of sp³-hybridized carbons (Fsp3) is 0.231. The van der Waals surface area contributed by atoms with Gasteiger partial charge in [-0.1, -0.05) is 60.2 Å². The number of aromatic nitrogens is 4. The van der Waals surface area contributed by atoms with E-state index in [0.717, 1.165) is 11.1 Å². The van der Waals surface area contributed by atoms with Gasteiger partial charge < -0.3 is 9.80 Å². The molecule has 5 rings (SSSR count). The van der Waals surface area contributed by atoms with E-state index in [2.05, 4.69) is 19.9 Å². The van der Waals surface area contributed by atoms with Crippen LogP contribution in [0.25, 0.3) is 22.4 Å². The second kappa shape index (κ2) is 9.32. The lowest BCUT2D eigenvalue weighted by molar-refractivity contribution is -0.144. The SMILES string of the molecule is Cc1ccc(-c2nc(C(F)(F)F)nc(N3CCN(c4ncccn4)CC3)c2-c2ccccc2)cc1. The van der Waals surface area contributed by atoms with Crippen LogP contribution in [0.1, 0.15) is 11.4 Å². The maximum atomic E-state index is 13.9. The number of halogens is 3. The zero-order chi connectivity index (χ0) is 24.4. The Morgan fingerprint density at radius 1 is 0.714 bits per heavy atom. The quantitative estimate of drug-likeness (QED) is 0.401. The minimum Gasteiger partial charge on any atom is -0.352 e. The normalized spacial score (nSPS) is 14.3. The Morgan fingerprint density at radius 3 is 1.97 bits per heavy atom. The van der Waals surface area contributed by atoms with Crippen LogP contribution in [0.15, 0.2) is 73.1 Å². The number of alkyl halides is 3. The number of piperazine rings is 1. The smallest absolute Gasteiger partial charge is 0.352 e. The van der Waals surface area contributed by atoms with Crippen LogP contribution >= 0.6 is 0 Å². The van der Waals surface area contributed by atoms with Gasteiger partial charge in [-0.15, -0.1) is 0 Å². The Labute approximate surface area is 201 Å². The van der Waals surface area contributed by atoms with Gasteiger partial charge in [0, 0.05) is 44.1 Å². The monoisotopic (exact) mass is 476 g/mol. The van der Waals surface area contributed by atoms with E-state index in [4.69, 9.17) is 0 Å². The predicted octanol–water partition coefficient (Wildman–Crippen LogP) is 5.25. The van der Waals surface area contributed by atoms with Gasteiger partial charge in [-0.25, -0.2) is 19.9 Å². The fourth-order valence-electron chi connectivity index (χ4n) is 4.17. The van der Waals surface area contributed by atoms with Crippen LogP contribution in [0.2, 0.25) is 0 Å². The minimum absolute atomic E-state index is 0.266. The van der Waals surface area contributed by atoms with Crippen LogP contribution < -0.4 is 9.80 Å². The van der Waals surface area contributed by atoms with Gasteiger partial charge in [-0.3, -0.25) is 0 Å². The Hall–Kier alpha value is -4.01. The third-order valence-electron chi connectivity index (χ3n) is 5.95. The number of nitrogens with zero attached hydrogens (tertiary/aromatic N) is 6. The molecule has 0 spiro atoms. The van der Waals surface area contributed by atoms with E-state index in [1.807, 2.05) is 59.2 Å². The lowest BCUT2D eigenvalue weighted by Crippen LogP contribution is -2.47. The van der Waals surface area contributed by atoms with E-state index in [1.54, 1.807) is 30.6 Å². The van der Waals surface area contributed by atoms with E-state index < -0.39 is 12.0 Å². The lowest BCUT2D eigenvalue weighted by Gasteiger charge is -2.36. The van der Waals surface area contributed by atoms with Crippen molar-refractivity contribution in [1.29, 1.82) is 0 Å². The fourth-order valence-corrected chi connectivity index (χ4v) is 4.17. The summed E-state index contributed by atoms with van der Waals surface area (Å²) in [5, 5.41) is 0. The number of aryl methyl sites for hydroxylation is 1. The molecule has 0 unspecified atom stereocenters. The highest BCUT2D eigenvalue weighted by Crippen LogP contribution is 2.40. The van der Waals surface area contributed by atoms with Crippen molar-refractivity contribution < 1.29 is 13.2 Å². The summed E-state index contributed by atoms with van der Waals surface area (Å²) in [6.07, 6.45) is -1.32. The average Bonchev–Trinajstić information content (AvgIpc) is 2.89. The molecule has 2 aromatic heterocycles. The summed E-state index contributed by atoms with van der Waals surface area (Å²) in [6.45, 7) is 4.00. The third-order valence-corrected chi connectivity index (χ3v) is 5.95. The Bertz CT molecular complexity index is 1290. The van der Waals surface area contributed by atoms with Crippen LogP contribution in [-0.4, -0.2) is 46.1 Å². The highest BCUT2D eigenvalue weighted by molar-refractivity contribution is 5.88. The molecule has 35 heavy (non-hydrogen) atoms. The molecule has 2 aromatic carbocycles. The van der Waals surface area contributed by atoms with Crippen LogP contribution in [0.3, 0.4) is 0 Å². The summed E-state index contributed by atoms with van der Waals surface area (Å²) in [5.74, 6) is -0.256. The zero-order valence-corrected chi connectivity index (χ0v) is 19.1. The molecule has 0 atom stereocenters. The van der Waals surface area contributed by atoms with E-state index in [-0.39, 0.29) is 11.5 Å². The molecule has 0 radical (unpaired) electrons. The molecule has 3 heterocycles. The van der Waals surface area contributed by atoms with Crippen LogP contribution in [-0.2, 0) is 6.18 Å². The summed E-state index contributed by atoms with van der Waals surface area (Å²) < 4.78 is 41.8. The van der Waals surface area contributed by atoms with Gasteiger partial charge in [0.2, 0.25) is 11.8 Å². The lowest BCUT2D eigenvalue weighted by atomic mass is 9.98. The van der Waals surface area contributed by atoms with Crippen LogP contribution in [0, 0.1) is 6.92 Å². The van der Waals surface area contributed by atoms with Gasteiger partial charge in [-0.2, -0.15) is 13.2 Å². The van der Waals surface area contributed by atoms with Crippen molar-refractivity contribution in [1.82, 2.24) is 19.9 Å². The van der Waals surface area contributed by atoms with Crippen molar-refractivity contribution in [3.63, 3.8) is 0 Å². The molecule has 1 saturated heterocycles. The molecule has 0 bridgehead atoms. The second-order valence-corrected chi connectivity index (χ2v) is 8.35. The van der Waals surface area contributed by atoms with Crippen molar-refractivity contribution in [3.05, 3.63) is 84.4 Å². The van der Waals surface area contributed by atoms with Gasteiger partial charge in [0.25, 0.3) is 0 Å². The molecule has 0 amide bonds. The van der Waals surface area contributed by atoms with E-state index in [0.29, 0.717) is 43.3 Å². The summed E-state index contributed by atoms with van der Waals surface area (Å²) in [6, 6.07) is 18.5. The molecule has 0 N–H and O–H groups in total. The molecule has 9 heteroatoms. The third kappa shape index (κ3) is 4.80.